The van der Waals surface area contributed by atoms with E-state index in [0.29, 0.717) is 12.2 Å². The fraction of sp³-hybridized carbons (Fsp3) is 0.667. The van der Waals surface area contributed by atoms with Gasteiger partial charge >= 0.3 is 0 Å². The Morgan fingerprint density at radius 3 is 2.94 bits per heavy atom. The molecule has 0 aromatic carbocycles. The van der Waals surface area contributed by atoms with Gasteiger partial charge in [-0.3, -0.25) is 9.48 Å². The quantitative estimate of drug-likeness (QED) is 0.681. The Morgan fingerprint density at radius 1 is 1.67 bits per heavy atom. The van der Waals surface area contributed by atoms with Gasteiger partial charge in [0.05, 0.1) is 12.7 Å². The van der Waals surface area contributed by atoms with Crippen LogP contribution in [0.3, 0.4) is 0 Å². The molecule has 2 N–H and O–H groups in total. The molecule has 0 fully saturated rings. The number of aliphatic hydroxyl groups is 1. The highest BCUT2D eigenvalue weighted by molar-refractivity contribution is 5.77. The van der Waals surface area contributed by atoms with Crippen molar-refractivity contribution in [3.63, 3.8) is 0 Å². The summed E-state index contributed by atoms with van der Waals surface area (Å²) in [5.41, 5.74) is -0.464. The lowest BCUT2D eigenvalue weighted by Crippen LogP contribution is -2.40. The van der Waals surface area contributed by atoms with Gasteiger partial charge < -0.3 is 15.2 Å². The molecule has 0 saturated heterocycles. The summed E-state index contributed by atoms with van der Waals surface area (Å²) in [6.07, 6.45) is 4.18. The van der Waals surface area contributed by atoms with Gasteiger partial charge in [-0.05, 0) is 13.3 Å². The number of amides is 1. The fourth-order valence-corrected chi connectivity index (χ4v) is 1.43. The number of hydrogen-bond acceptors (Lipinski definition) is 4. The van der Waals surface area contributed by atoms with Crippen molar-refractivity contribution in [1.29, 1.82) is 0 Å². The van der Waals surface area contributed by atoms with Gasteiger partial charge in [-0.2, -0.15) is 5.10 Å². The van der Waals surface area contributed by atoms with E-state index >= 15 is 0 Å². The second-order valence-electron chi connectivity index (χ2n) is 4.51. The highest BCUT2D eigenvalue weighted by Crippen LogP contribution is 2.18. The third-order valence-corrected chi connectivity index (χ3v) is 2.54. The first-order valence-corrected chi connectivity index (χ1v) is 6.01. The Morgan fingerprint density at radius 2 is 2.39 bits per heavy atom. The van der Waals surface area contributed by atoms with E-state index in [4.69, 9.17) is 4.74 Å². The van der Waals surface area contributed by atoms with Crippen LogP contribution in [0.4, 0.5) is 0 Å². The average Bonchev–Trinajstić information content (AvgIpc) is 2.75. The van der Waals surface area contributed by atoms with E-state index in [1.165, 1.54) is 0 Å². The van der Waals surface area contributed by atoms with Crippen LogP contribution in [0, 0.1) is 0 Å². The van der Waals surface area contributed by atoms with Gasteiger partial charge in [0.15, 0.2) is 0 Å². The summed E-state index contributed by atoms with van der Waals surface area (Å²) in [5.74, 6) is -0.229. The second-order valence-corrected chi connectivity index (χ2v) is 4.51. The standard InChI is InChI=1S/C12H21N3O3/c1-4-5-18-8-11(16)13-9-12(2,17)10-6-14-15(3)7-10/h6-7,17H,4-5,8-9H2,1-3H3,(H,13,16). The van der Waals surface area contributed by atoms with E-state index in [0.717, 1.165) is 6.42 Å². The lowest BCUT2D eigenvalue weighted by atomic mass is 10.00. The van der Waals surface area contributed by atoms with Crippen molar-refractivity contribution in [2.24, 2.45) is 7.05 Å². The minimum Gasteiger partial charge on any atom is -0.383 e. The van der Waals surface area contributed by atoms with Crippen LogP contribution in [0.2, 0.25) is 0 Å². The maximum absolute atomic E-state index is 11.4. The van der Waals surface area contributed by atoms with Gasteiger partial charge in [0.2, 0.25) is 5.91 Å². The van der Waals surface area contributed by atoms with E-state index in [1.54, 1.807) is 31.0 Å². The van der Waals surface area contributed by atoms with Gasteiger partial charge in [0, 0.05) is 25.4 Å². The highest BCUT2D eigenvalue weighted by Gasteiger charge is 2.25. The van der Waals surface area contributed by atoms with Crippen molar-refractivity contribution < 1.29 is 14.6 Å². The Balaban J connectivity index is 2.39. The van der Waals surface area contributed by atoms with Crippen LogP contribution in [0.5, 0.6) is 0 Å². The maximum atomic E-state index is 11.4. The molecule has 18 heavy (non-hydrogen) atoms. The number of hydrogen-bond donors (Lipinski definition) is 2. The van der Waals surface area contributed by atoms with Gasteiger partial charge in [-0.15, -0.1) is 0 Å². The molecular weight excluding hydrogens is 234 g/mol. The van der Waals surface area contributed by atoms with Crippen molar-refractivity contribution in [2.45, 2.75) is 25.9 Å². The zero-order valence-electron chi connectivity index (χ0n) is 11.1. The number of aryl methyl sites for hydroxylation is 1. The molecule has 1 heterocycles. The molecule has 0 bridgehead atoms. The van der Waals surface area contributed by atoms with Gasteiger partial charge in [0.1, 0.15) is 12.2 Å². The summed E-state index contributed by atoms with van der Waals surface area (Å²) >= 11 is 0. The zero-order valence-corrected chi connectivity index (χ0v) is 11.1. The molecule has 1 aromatic heterocycles. The summed E-state index contributed by atoms with van der Waals surface area (Å²) in [4.78, 5) is 11.4. The third-order valence-electron chi connectivity index (χ3n) is 2.54. The summed E-state index contributed by atoms with van der Waals surface area (Å²) in [5, 5.41) is 16.8. The largest absolute Gasteiger partial charge is 0.383 e. The zero-order chi connectivity index (χ0) is 13.6. The van der Waals surface area contributed by atoms with E-state index in [9.17, 15) is 9.90 Å². The van der Waals surface area contributed by atoms with Crippen molar-refractivity contribution >= 4 is 5.91 Å². The van der Waals surface area contributed by atoms with Crippen LogP contribution in [-0.2, 0) is 22.2 Å². The highest BCUT2D eigenvalue weighted by atomic mass is 16.5. The number of nitrogens with zero attached hydrogens (tertiary/aromatic N) is 2. The monoisotopic (exact) mass is 255 g/mol. The molecule has 0 aliphatic heterocycles. The minimum absolute atomic E-state index is 0.0248. The molecule has 0 aliphatic rings. The molecule has 1 aromatic rings. The third kappa shape index (κ3) is 4.46. The van der Waals surface area contributed by atoms with E-state index < -0.39 is 5.60 Å². The predicted molar refractivity (Wildman–Crippen MR) is 66.9 cm³/mol. The molecule has 0 spiro atoms. The Hall–Kier alpha value is -1.40. The smallest absolute Gasteiger partial charge is 0.246 e. The molecular formula is C12H21N3O3. The SMILES string of the molecule is CCCOCC(=O)NCC(C)(O)c1cnn(C)c1. The fourth-order valence-electron chi connectivity index (χ4n) is 1.43. The second kappa shape index (κ2) is 6.51. The molecule has 6 nitrogen and oxygen atoms in total. The van der Waals surface area contributed by atoms with Crippen LogP contribution in [-0.4, -0.2) is 40.6 Å². The number of carbonyl (C=O) groups is 1. The first-order valence-electron chi connectivity index (χ1n) is 6.01. The predicted octanol–water partition coefficient (Wildman–Crippen LogP) is 0.170. The number of nitrogens with one attached hydrogen (secondary N) is 1. The molecule has 102 valence electrons. The molecule has 1 unspecified atom stereocenters. The van der Waals surface area contributed by atoms with E-state index in [1.807, 2.05) is 6.92 Å². The number of ether oxygens (including phenoxy) is 1. The van der Waals surface area contributed by atoms with E-state index in [2.05, 4.69) is 10.4 Å². The lowest BCUT2D eigenvalue weighted by molar-refractivity contribution is -0.126. The van der Waals surface area contributed by atoms with Crippen LogP contribution in [0.25, 0.3) is 0 Å². The van der Waals surface area contributed by atoms with Crippen LogP contribution >= 0.6 is 0 Å². The molecule has 6 heteroatoms. The Labute approximate surface area is 107 Å². The van der Waals surface area contributed by atoms with Crippen LogP contribution in [0.15, 0.2) is 12.4 Å². The molecule has 0 radical (unpaired) electrons. The average molecular weight is 255 g/mol. The van der Waals surface area contributed by atoms with Gasteiger partial charge in [-0.1, -0.05) is 6.92 Å². The van der Waals surface area contributed by atoms with Crippen LogP contribution in [0.1, 0.15) is 25.8 Å². The first kappa shape index (κ1) is 14.7. The summed E-state index contributed by atoms with van der Waals surface area (Å²) < 4.78 is 6.72. The van der Waals surface area contributed by atoms with Gasteiger partial charge in [0.25, 0.3) is 0 Å². The number of aromatic nitrogens is 2. The van der Waals surface area contributed by atoms with Crippen LogP contribution < -0.4 is 5.32 Å². The summed E-state index contributed by atoms with van der Waals surface area (Å²) in [6.45, 7) is 4.33. The number of carbonyl (C=O) groups excluding carboxylic acids is 1. The van der Waals surface area contributed by atoms with Crippen molar-refractivity contribution in [3.8, 4) is 0 Å². The maximum Gasteiger partial charge on any atom is 0.246 e. The topological polar surface area (TPSA) is 76.4 Å². The molecule has 0 saturated carbocycles. The summed E-state index contributed by atoms with van der Waals surface area (Å²) in [6, 6.07) is 0. The first-order chi connectivity index (χ1) is 8.45. The van der Waals surface area contributed by atoms with Gasteiger partial charge in [-0.25, -0.2) is 0 Å². The minimum atomic E-state index is -1.13. The normalized spacial score (nSPS) is 14.2. The number of rotatable bonds is 7. The summed E-state index contributed by atoms with van der Waals surface area (Å²) in [7, 11) is 1.77. The lowest BCUT2D eigenvalue weighted by Gasteiger charge is -2.22. The van der Waals surface area contributed by atoms with E-state index in [-0.39, 0.29) is 19.1 Å². The van der Waals surface area contributed by atoms with Crippen molar-refractivity contribution in [1.82, 2.24) is 15.1 Å². The van der Waals surface area contributed by atoms with Crippen molar-refractivity contribution in [2.75, 3.05) is 19.8 Å². The molecule has 1 atom stereocenters. The molecule has 0 aliphatic carbocycles. The molecule has 1 amide bonds. The Bertz CT molecular complexity index is 388. The van der Waals surface area contributed by atoms with Crippen molar-refractivity contribution in [3.05, 3.63) is 18.0 Å². The Kier molecular flexibility index (Phi) is 5.30. The molecule has 1 rings (SSSR count).